The Bertz CT molecular complexity index is 725. The number of sulfone groups is 1. The van der Waals surface area contributed by atoms with Crippen LogP contribution in [0, 0.1) is 0 Å². The average Bonchev–Trinajstić information content (AvgIpc) is 2.81. The summed E-state index contributed by atoms with van der Waals surface area (Å²) in [5.41, 5.74) is 6.00. The van der Waals surface area contributed by atoms with Gasteiger partial charge in [0.05, 0.1) is 8.68 Å². The van der Waals surface area contributed by atoms with E-state index in [2.05, 4.69) is 15.9 Å². The lowest BCUT2D eigenvalue weighted by molar-refractivity contribution is 0.183. The molecular weight excluding hydrogens is 374 g/mol. The molecule has 1 heterocycles. The fourth-order valence-electron chi connectivity index (χ4n) is 1.83. The quantitative estimate of drug-likeness (QED) is 0.850. The second-order valence-corrected chi connectivity index (χ2v) is 9.30. The van der Waals surface area contributed by atoms with Gasteiger partial charge in [0.2, 0.25) is 0 Å². The predicted octanol–water partition coefficient (Wildman–Crippen LogP) is 3.38. The van der Waals surface area contributed by atoms with Crippen molar-refractivity contribution >= 4 is 37.1 Å². The highest BCUT2D eigenvalue weighted by atomic mass is 79.9. The molecule has 2 atom stereocenters. The van der Waals surface area contributed by atoms with Gasteiger partial charge in [0.25, 0.3) is 0 Å². The van der Waals surface area contributed by atoms with Gasteiger partial charge < -0.3 is 10.5 Å². The van der Waals surface area contributed by atoms with Crippen molar-refractivity contribution < 1.29 is 13.2 Å². The molecule has 1 aromatic carbocycles. The van der Waals surface area contributed by atoms with Crippen LogP contribution in [0.25, 0.3) is 0 Å². The van der Waals surface area contributed by atoms with Crippen molar-refractivity contribution in [2.45, 2.75) is 24.0 Å². The number of rotatable bonds is 5. The molecule has 0 aliphatic heterocycles. The Morgan fingerprint density at radius 3 is 2.52 bits per heavy atom. The Hall–Kier alpha value is -0.890. The van der Waals surface area contributed by atoms with E-state index in [4.69, 9.17) is 10.5 Å². The van der Waals surface area contributed by atoms with Crippen LogP contribution in [-0.2, 0) is 9.84 Å². The van der Waals surface area contributed by atoms with Crippen LogP contribution in [0.5, 0.6) is 5.75 Å². The third kappa shape index (κ3) is 4.29. The topological polar surface area (TPSA) is 69.4 Å². The van der Waals surface area contributed by atoms with E-state index in [0.717, 1.165) is 8.66 Å². The molecular formula is C14H16BrNO3S2. The van der Waals surface area contributed by atoms with Crippen molar-refractivity contribution in [3.8, 4) is 5.75 Å². The molecule has 7 heteroatoms. The van der Waals surface area contributed by atoms with Gasteiger partial charge in [0.1, 0.15) is 11.9 Å². The summed E-state index contributed by atoms with van der Waals surface area (Å²) in [6, 6.07) is 10.1. The van der Waals surface area contributed by atoms with E-state index >= 15 is 0 Å². The van der Waals surface area contributed by atoms with Gasteiger partial charge in [0, 0.05) is 17.2 Å². The molecule has 2 N–H and O–H groups in total. The Balaban J connectivity index is 2.30. The minimum absolute atomic E-state index is 0.225. The minimum Gasteiger partial charge on any atom is -0.483 e. The Morgan fingerprint density at radius 1 is 1.29 bits per heavy atom. The molecule has 2 aromatic rings. The normalized spacial score (nSPS) is 14.7. The summed E-state index contributed by atoms with van der Waals surface area (Å²) < 4.78 is 30.1. The van der Waals surface area contributed by atoms with Gasteiger partial charge in [-0.05, 0) is 53.2 Å². The number of ether oxygens (including phenoxy) is 1. The molecule has 0 spiro atoms. The third-order valence-electron chi connectivity index (χ3n) is 2.85. The van der Waals surface area contributed by atoms with Crippen molar-refractivity contribution in [3.05, 3.63) is 45.1 Å². The fourth-order valence-corrected chi connectivity index (χ4v) is 4.06. The highest BCUT2D eigenvalue weighted by Crippen LogP contribution is 2.32. The number of thiophene rings is 1. The van der Waals surface area contributed by atoms with E-state index in [9.17, 15) is 8.42 Å². The summed E-state index contributed by atoms with van der Waals surface area (Å²) in [5.74, 6) is 0.491. The van der Waals surface area contributed by atoms with Crippen molar-refractivity contribution in [1.82, 2.24) is 0 Å². The second-order valence-electron chi connectivity index (χ2n) is 4.79. The SMILES string of the molecule is CC(N)C(Oc1cccc(S(C)(=O)=O)c1)c1ccc(Br)s1. The molecule has 4 nitrogen and oxygen atoms in total. The molecule has 0 saturated carbocycles. The second kappa shape index (κ2) is 6.48. The maximum absolute atomic E-state index is 11.6. The van der Waals surface area contributed by atoms with Crippen molar-refractivity contribution in [1.29, 1.82) is 0 Å². The number of benzene rings is 1. The lowest BCUT2D eigenvalue weighted by Crippen LogP contribution is -2.28. The maximum Gasteiger partial charge on any atom is 0.175 e. The van der Waals surface area contributed by atoms with E-state index in [1.807, 2.05) is 19.1 Å². The zero-order valence-electron chi connectivity index (χ0n) is 11.6. The molecule has 0 aliphatic carbocycles. The summed E-state index contributed by atoms with van der Waals surface area (Å²) in [6.07, 6.45) is 0.849. The van der Waals surface area contributed by atoms with Crippen LogP contribution in [0.3, 0.4) is 0 Å². The molecule has 2 unspecified atom stereocenters. The Kier molecular flexibility index (Phi) is 5.08. The summed E-state index contributed by atoms with van der Waals surface area (Å²) in [6.45, 7) is 1.86. The zero-order valence-corrected chi connectivity index (χ0v) is 14.8. The Morgan fingerprint density at radius 2 is 2.00 bits per heavy atom. The van der Waals surface area contributed by atoms with E-state index in [0.29, 0.717) is 5.75 Å². The van der Waals surface area contributed by atoms with Gasteiger partial charge in [-0.3, -0.25) is 0 Å². The smallest absolute Gasteiger partial charge is 0.175 e. The highest BCUT2D eigenvalue weighted by Gasteiger charge is 2.21. The van der Waals surface area contributed by atoms with Crippen LogP contribution in [0.2, 0.25) is 0 Å². The molecule has 0 aliphatic rings. The molecule has 2 rings (SSSR count). The maximum atomic E-state index is 11.6. The van der Waals surface area contributed by atoms with Crippen LogP contribution in [0.4, 0.5) is 0 Å². The summed E-state index contributed by atoms with van der Waals surface area (Å²) >= 11 is 4.96. The summed E-state index contributed by atoms with van der Waals surface area (Å²) in [4.78, 5) is 1.22. The lowest BCUT2D eigenvalue weighted by Gasteiger charge is -2.21. The third-order valence-corrected chi connectivity index (χ3v) is 5.64. The minimum atomic E-state index is -3.26. The first-order chi connectivity index (χ1) is 9.77. The van der Waals surface area contributed by atoms with E-state index in [-0.39, 0.29) is 17.0 Å². The van der Waals surface area contributed by atoms with Crippen molar-refractivity contribution in [2.24, 2.45) is 5.73 Å². The highest BCUT2D eigenvalue weighted by molar-refractivity contribution is 9.11. The number of hydrogen-bond donors (Lipinski definition) is 1. The average molecular weight is 390 g/mol. The number of halogens is 1. The van der Waals surface area contributed by atoms with Crippen LogP contribution in [-0.4, -0.2) is 20.7 Å². The van der Waals surface area contributed by atoms with E-state index in [1.165, 1.54) is 12.3 Å². The van der Waals surface area contributed by atoms with Crippen molar-refractivity contribution in [3.63, 3.8) is 0 Å². The zero-order chi connectivity index (χ0) is 15.6. The standard InChI is InChI=1S/C14H16BrNO3S2/c1-9(16)14(12-6-7-13(15)20-12)19-10-4-3-5-11(8-10)21(2,17)18/h3-9,14H,16H2,1-2H3. The van der Waals surface area contributed by atoms with Gasteiger partial charge in [-0.1, -0.05) is 6.07 Å². The molecule has 0 fully saturated rings. The fraction of sp³-hybridized carbons (Fsp3) is 0.286. The van der Waals surface area contributed by atoms with Crippen LogP contribution < -0.4 is 10.5 Å². The molecule has 0 saturated heterocycles. The Labute approximate surface area is 137 Å². The monoisotopic (exact) mass is 389 g/mol. The number of nitrogens with two attached hydrogens (primary N) is 1. The molecule has 0 radical (unpaired) electrons. The van der Waals surface area contributed by atoms with Gasteiger partial charge in [-0.15, -0.1) is 11.3 Å². The first-order valence-corrected chi connectivity index (χ1v) is 9.75. The summed E-state index contributed by atoms with van der Waals surface area (Å²) in [5, 5.41) is 0. The molecule has 0 amide bonds. The molecule has 0 bridgehead atoms. The molecule has 21 heavy (non-hydrogen) atoms. The molecule has 1 aromatic heterocycles. The van der Waals surface area contributed by atoms with Gasteiger partial charge >= 0.3 is 0 Å². The molecule has 114 valence electrons. The van der Waals surface area contributed by atoms with Crippen LogP contribution in [0.15, 0.2) is 45.1 Å². The van der Waals surface area contributed by atoms with Crippen LogP contribution >= 0.6 is 27.3 Å². The lowest BCUT2D eigenvalue weighted by atomic mass is 10.1. The van der Waals surface area contributed by atoms with Crippen molar-refractivity contribution in [2.75, 3.05) is 6.26 Å². The number of hydrogen-bond acceptors (Lipinski definition) is 5. The first kappa shape index (κ1) is 16.5. The van der Waals surface area contributed by atoms with Gasteiger partial charge in [0.15, 0.2) is 9.84 Å². The van der Waals surface area contributed by atoms with E-state index < -0.39 is 9.84 Å². The summed E-state index contributed by atoms with van der Waals surface area (Å²) in [7, 11) is -3.26. The van der Waals surface area contributed by atoms with Gasteiger partial charge in [-0.25, -0.2) is 8.42 Å². The van der Waals surface area contributed by atoms with Gasteiger partial charge in [-0.2, -0.15) is 0 Å². The first-order valence-electron chi connectivity index (χ1n) is 6.25. The van der Waals surface area contributed by atoms with E-state index in [1.54, 1.807) is 29.5 Å². The van der Waals surface area contributed by atoms with Crippen LogP contribution in [0.1, 0.15) is 17.9 Å². The predicted molar refractivity (Wildman–Crippen MR) is 88.6 cm³/mol. The largest absolute Gasteiger partial charge is 0.483 e.